The summed E-state index contributed by atoms with van der Waals surface area (Å²) in [6, 6.07) is 0. The molecule has 0 saturated carbocycles. The molecule has 0 aromatic heterocycles. The number of carbonyl (C=O) groups excluding carboxylic acids is 3. The smallest absolute Gasteiger partial charge is 0.462 e. The highest BCUT2D eigenvalue weighted by molar-refractivity contribution is 7.47. The summed E-state index contributed by atoms with van der Waals surface area (Å²) in [6.45, 7) is 4.48. The van der Waals surface area contributed by atoms with Crippen molar-refractivity contribution in [2.24, 2.45) is 0 Å². The van der Waals surface area contributed by atoms with Gasteiger partial charge in [0, 0.05) is 19.3 Å². The van der Waals surface area contributed by atoms with E-state index in [1.807, 2.05) is 12.2 Å². The van der Waals surface area contributed by atoms with E-state index < -0.39 is 57.8 Å². The van der Waals surface area contributed by atoms with E-state index in [1.165, 1.54) is 116 Å². The molecule has 0 heterocycles. The van der Waals surface area contributed by atoms with E-state index in [-0.39, 0.29) is 25.9 Å². The Hall–Kier alpha value is -2.82. The molecule has 0 aliphatic rings. The second-order valence-corrected chi connectivity index (χ2v) is 20.2. The number of rotatable bonds is 52. The lowest BCUT2D eigenvalue weighted by Crippen LogP contribution is -2.30. The van der Waals surface area contributed by atoms with E-state index in [0.29, 0.717) is 25.7 Å². The maximum Gasteiger partial charge on any atom is 0.472 e. The molecule has 12 heteroatoms. The lowest BCUT2D eigenvalue weighted by molar-refractivity contribution is -0.161. The van der Waals surface area contributed by atoms with Gasteiger partial charge in [0.15, 0.2) is 6.10 Å². The molecule has 0 spiro atoms. The Kier molecular flexibility index (Phi) is 50.4. The van der Waals surface area contributed by atoms with Crippen LogP contribution in [0, 0.1) is 0 Å². The molecule has 0 rings (SSSR count). The van der Waals surface area contributed by atoms with Gasteiger partial charge in [-0.05, 0) is 57.8 Å². The summed E-state index contributed by atoms with van der Waals surface area (Å²) in [4.78, 5) is 48.4. The lowest BCUT2D eigenvalue weighted by atomic mass is 10.0. The molecule has 0 amide bonds. The van der Waals surface area contributed by atoms with Crippen molar-refractivity contribution >= 4 is 25.7 Å². The van der Waals surface area contributed by atoms with Crippen LogP contribution >= 0.6 is 7.82 Å². The molecule has 0 bridgehead atoms. The fourth-order valence-electron chi connectivity index (χ4n) is 7.69. The number of carbonyl (C=O) groups is 3. The summed E-state index contributed by atoms with van der Waals surface area (Å²) < 4.78 is 39.4. The van der Waals surface area contributed by atoms with Crippen LogP contribution in [0.25, 0.3) is 0 Å². The van der Waals surface area contributed by atoms with Crippen molar-refractivity contribution in [3.8, 4) is 0 Å². The first-order chi connectivity index (χ1) is 34.2. The van der Waals surface area contributed by atoms with Crippen molar-refractivity contribution in [3.63, 3.8) is 0 Å². The number of aliphatic hydroxyl groups excluding tert-OH is 1. The van der Waals surface area contributed by atoms with Gasteiger partial charge in [-0.2, -0.15) is 0 Å². The highest BCUT2D eigenvalue weighted by atomic mass is 31.2. The molecule has 0 aromatic carbocycles. The largest absolute Gasteiger partial charge is 0.472 e. The third kappa shape index (κ3) is 50.1. The molecule has 3 unspecified atom stereocenters. The average Bonchev–Trinajstić information content (AvgIpc) is 3.35. The van der Waals surface area contributed by atoms with Crippen molar-refractivity contribution in [2.45, 2.75) is 264 Å². The number of allylic oxidation sites excluding steroid dienone is 10. The molecule has 0 aliphatic heterocycles. The van der Waals surface area contributed by atoms with Gasteiger partial charge >= 0.3 is 25.7 Å². The van der Waals surface area contributed by atoms with Crippen molar-refractivity contribution in [2.75, 3.05) is 26.4 Å². The fourth-order valence-corrected chi connectivity index (χ4v) is 8.47. The molecule has 70 heavy (non-hydrogen) atoms. The molecule has 2 N–H and O–H groups in total. The summed E-state index contributed by atoms with van der Waals surface area (Å²) >= 11 is 0. The Morgan fingerprint density at radius 2 is 0.743 bits per heavy atom. The highest BCUT2D eigenvalue weighted by Crippen LogP contribution is 2.43. The Morgan fingerprint density at radius 3 is 1.14 bits per heavy atom. The lowest BCUT2D eigenvalue weighted by Gasteiger charge is -2.21. The van der Waals surface area contributed by atoms with Crippen LogP contribution in [-0.4, -0.2) is 66.5 Å². The molecule has 3 atom stereocenters. The van der Waals surface area contributed by atoms with Gasteiger partial charge in [0.2, 0.25) is 0 Å². The predicted molar refractivity (Wildman–Crippen MR) is 288 cm³/mol. The van der Waals surface area contributed by atoms with E-state index in [9.17, 15) is 28.9 Å². The second kappa shape index (κ2) is 52.5. The topological polar surface area (TPSA) is 155 Å². The minimum atomic E-state index is -4.76. The predicted octanol–water partition coefficient (Wildman–Crippen LogP) is 16.4. The number of unbranched alkanes of at least 4 members (excludes halogenated alkanes) is 25. The number of ether oxygens (including phenoxy) is 3. The number of esters is 3. The van der Waals surface area contributed by atoms with E-state index in [0.717, 1.165) is 70.6 Å². The third-order valence-corrected chi connectivity index (χ3v) is 12.9. The summed E-state index contributed by atoms with van der Waals surface area (Å²) in [5, 5.41) is 9.80. The van der Waals surface area contributed by atoms with Crippen LogP contribution < -0.4 is 0 Å². The first-order valence-electron chi connectivity index (χ1n) is 28.2. The van der Waals surface area contributed by atoms with Crippen LogP contribution in [0.3, 0.4) is 0 Å². The van der Waals surface area contributed by atoms with Crippen LogP contribution in [0.4, 0.5) is 0 Å². The molecule has 406 valence electrons. The first kappa shape index (κ1) is 67.2. The van der Waals surface area contributed by atoms with E-state index in [2.05, 4.69) is 69.4 Å². The summed E-state index contributed by atoms with van der Waals surface area (Å²) in [5.41, 5.74) is 0. The van der Waals surface area contributed by atoms with Gasteiger partial charge in [-0.1, -0.05) is 236 Å². The van der Waals surface area contributed by atoms with E-state index in [4.69, 9.17) is 23.3 Å². The van der Waals surface area contributed by atoms with Gasteiger partial charge in [-0.25, -0.2) is 4.57 Å². The monoisotopic (exact) mass is 1010 g/mol. The zero-order valence-corrected chi connectivity index (χ0v) is 45.6. The van der Waals surface area contributed by atoms with E-state index in [1.54, 1.807) is 0 Å². The molecule has 11 nitrogen and oxygen atoms in total. The van der Waals surface area contributed by atoms with Crippen LogP contribution in [0.15, 0.2) is 60.8 Å². The molecule has 0 fully saturated rings. The number of hydrogen-bond donors (Lipinski definition) is 2. The molecule has 0 saturated heterocycles. The van der Waals surface area contributed by atoms with Gasteiger partial charge in [-0.3, -0.25) is 23.4 Å². The standard InChI is InChI=1S/C58H103O11P/c1-4-7-10-13-16-19-22-24-26-27-29-31-34-37-40-43-46-49-58(62)69-55(51-65-56(60)47-44-41-38-35-32-21-18-15-12-9-6-3)53-67-70(63,64)66-52-54(50-59)68-57(61)48-45-42-39-36-33-30-28-25-23-20-17-14-11-8-5-2/h7,10,16,19,24,26,29,31,37,40,54-55,59H,4-6,8-9,11-15,17-18,20-23,25,27-28,30,32-36,38-39,41-53H2,1-3H3,(H,63,64)/b10-7-,19-16-,26-24-,31-29-,40-37-. The quantitative estimate of drug-likeness (QED) is 0.0197. The van der Waals surface area contributed by atoms with Crippen molar-refractivity contribution in [3.05, 3.63) is 60.8 Å². The molecule has 0 aromatic rings. The van der Waals surface area contributed by atoms with Gasteiger partial charge < -0.3 is 24.2 Å². The van der Waals surface area contributed by atoms with Crippen LogP contribution in [0.5, 0.6) is 0 Å². The Morgan fingerprint density at radius 1 is 0.414 bits per heavy atom. The first-order valence-corrected chi connectivity index (χ1v) is 29.7. The van der Waals surface area contributed by atoms with Gasteiger partial charge in [0.05, 0.1) is 19.8 Å². The average molecular weight is 1010 g/mol. The van der Waals surface area contributed by atoms with Crippen LogP contribution in [0.1, 0.15) is 252 Å². The molecule has 0 aliphatic carbocycles. The normalized spacial score (nSPS) is 13.8. The fraction of sp³-hybridized carbons (Fsp3) is 0.776. The van der Waals surface area contributed by atoms with Gasteiger partial charge in [0.25, 0.3) is 0 Å². The Balaban J connectivity index is 4.75. The summed E-state index contributed by atoms with van der Waals surface area (Å²) in [5.74, 6) is -1.53. The van der Waals surface area contributed by atoms with Crippen molar-refractivity contribution in [1.82, 2.24) is 0 Å². The minimum Gasteiger partial charge on any atom is -0.462 e. The zero-order chi connectivity index (χ0) is 51.3. The SMILES string of the molecule is CC/C=C\C/C=C\C/C=C\C/C=C\C/C=C\CCCC(=O)OC(COC(=O)CCCCCCCCCCCCC)COP(=O)(O)OCC(CO)OC(=O)CCCCCCCCCCCCCCCCC. The maximum absolute atomic E-state index is 12.9. The highest BCUT2D eigenvalue weighted by Gasteiger charge is 2.28. The summed E-state index contributed by atoms with van der Waals surface area (Å²) in [7, 11) is -4.76. The number of hydrogen-bond acceptors (Lipinski definition) is 10. The van der Waals surface area contributed by atoms with Crippen LogP contribution in [0.2, 0.25) is 0 Å². The Bertz CT molecular complexity index is 1410. The number of phosphoric acid groups is 1. The van der Waals surface area contributed by atoms with Crippen LogP contribution in [-0.2, 0) is 42.2 Å². The van der Waals surface area contributed by atoms with Gasteiger partial charge in [0.1, 0.15) is 12.7 Å². The van der Waals surface area contributed by atoms with E-state index >= 15 is 0 Å². The summed E-state index contributed by atoms with van der Waals surface area (Å²) in [6.07, 6.45) is 56.2. The number of phosphoric ester groups is 1. The molecular weight excluding hydrogens is 904 g/mol. The Labute approximate surface area is 427 Å². The maximum atomic E-state index is 12.9. The zero-order valence-electron chi connectivity index (χ0n) is 44.7. The second-order valence-electron chi connectivity index (χ2n) is 18.7. The van der Waals surface area contributed by atoms with Gasteiger partial charge in [-0.15, -0.1) is 0 Å². The minimum absolute atomic E-state index is 0.0910. The third-order valence-electron chi connectivity index (χ3n) is 12.0. The molecular formula is C58H103O11P. The van der Waals surface area contributed by atoms with Crippen molar-refractivity contribution in [1.29, 1.82) is 0 Å². The number of aliphatic hydroxyl groups is 1. The molecule has 0 radical (unpaired) electrons. The van der Waals surface area contributed by atoms with Crippen molar-refractivity contribution < 1.29 is 52.2 Å².